The summed E-state index contributed by atoms with van der Waals surface area (Å²) in [5, 5.41) is 11.9. The smallest absolute Gasteiger partial charge is 0.329 e. The highest BCUT2D eigenvalue weighted by molar-refractivity contribution is 5.73. The number of aliphatic carboxylic acids is 1. The van der Waals surface area contributed by atoms with Gasteiger partial charge in [-0.25, -0.2) is 4.79 Å². The SMILES string of the molecule is CC(=O)N[C@@H]1[C@H](Oc2ccccc2)O[C@@H]2CO[C@H](c3ccco3)O[C@@H]2[C@@H]1OCC(=O)O. The van der Waals surface area contributed by atoms with E-state index in [0.29, 0.717) is 11.5 Å². The van der Waals surface area contributed by atoms with Gasteiger partial charge in [-0.1, -0.05) is 18.2 Å². The molecule has 2 fully saturated rings. The van der Waals surface area contributed by atoms with Crippen LogP contribution in [-0.2, 0) is 28.5 Å². The van der Waals surface area contributed by atoms with Gasteiger partial charge in [0, 0.05) is 6.92 Å². The molecule has 3 heterocycles. The first kappa shape index (κ1) is 21.3. The van der Waals surface area contributed by atoms with Crippen molar-refractivity contribution in [2.75, 3.05) is 13.2 Å². The van der Waals surface area contributed by atoms with E-state index >= 15 is 0 Å². The number of hydrogen-bond donors (Lipinski definition) is 2. The molecule has 1 aromatic carbocycles. The monoisotopic (exact) mass is 433 g/mol. The molecule has 2 aliphatic rings. The third-order valence-electron chi connectivity index (χ3n) is 4.88. The summed E-state index contributed by atoms with van der Waals surface area (Å²) in [6.45, 7) is 0.887. The van der Waals surface area contributed by atoms with Crippen molar-refractivity contribution in [3.63, 3.8) is 0 Å². The average Bonchev–Trinajstić information content (AvgIpc) is 3.28. The lowest BCUT2D eigenvalue weighted by Gasteiger charge is -2.48. The van der Waals surface area contributed by atoms with E-state index in [1.54, 1.807) is 36.4 Å². The summed E-state index contributed by atoms with van der Waals surface area (Å²) in [5.41, 5.74) is 0. The fourth-order valence-electron chi connectivity index (χ4n) is 3.63. The van der Waals surface area contributed by atoms with Gasteiger partial charge >= 0.3 is 5.97 Å². The second-order valence-corrected chi connectivity index (χ2v) is 7.15. The number of fused-ring (bicyclic) bond motifs is 1. The van der Waals surface area contributed by atoms with Crippen LogP contribution in [0.25, 0.3) is 0 Å². The molecule has 10 nitrogen and oxygen atoms in total. The van der Waals surface area contributed by atoms with E-state index in [9.17, 15) is 9.59 Å². The Kier molecular flexibility index (Phi) is 6.52. The lowest BCUT2D eigenvalue weighted by atomic mass is 9.95. The molecule has 0 radical (unpaired) electrons. The number of carboxylic acid groups (broad SMARTS) is 1. The second kappa shape index (κ2) is 9.48. The first-order valence-corrected chi connectivity index (χ1v) is 9.79. The number of furan rings is 1. The lowest BCUT2D eigenvalue weighted by molar-refractivity contribution is -0.340. The number of ether oxygens (including phenoxy) is 5. The predicted octanol–water partition coefficient (Wildman–Crippen LogP) is 1.47. The van der Waals surface area contributed by atoms with Crippen molar-refractivity contribution in [3.8, 4) is 5.75 Å². The minimum atomic E-state index is -1.15. The van der Waals surface area contributed by atoms with Crippen LogP contribution < -0.4 is 10.1 Å². The minimum absolute atomic E-state index is 0.129. The molecule has 10 heteroatoms. The molecule has 1 aromatic heterocycles. The third-order valence-corrected chi connectivity index (χ3v) is 4.88. The van der Waals surface area contributed by atoms with Crippen molar-refractivity contribution in [1.82, 2.24) is 5.32 Å². The van der Waals surface area contributed by atoms with Crippen molar-refractivity contribution in [1.29, 1.82) is 0 Å². The number of hydrogen-bond acceptors (Lipinski definition) is 8. The fourth-order valence-corrected chi connectivity index (χ4v) is 3.63. The van der Waals surface area contributed by atoms with Gasteiger partial charge in [0.05, 0.1) is 12.9 Å². The Morgan fingerprint density at radius 1 is 1.16 bits per heavy atom. The highest BCUT2D eigenvalue weighted by Crippen LogP contribution is 2.36. The maximum absolute atomic E-state index is 11.9. The van der Waals surface area contributed by atoms with Gasteiger partial charge in [0.2, 0.25) is 18.5 Å². The number of amides is 1. The molecule has 2 saturated heterocycles. The molecule has 0 saturated carbocycles. The Balaban J connectivity index is 1.61. The van der Waals surface area contributed by atoms with Gasteiger partial charge in [0.15, 0.2) is 5.76 Å². The summed E-state index contributed by atoms with van der Waals surface area (Å²) in [5.74, 6) is -0.536. The standard InChI is InChI=1S/C21H23NO9/c1-12(23)22-17-19(27-11-16(24)25)18-15(10-28-20(31-18)14-8-5-9-26-14)30-21(17)29-13-6-3-2-4-7-13/h2-9,15,17-21H,10-11H2,1H3,(H,22,23)(H,24,25)/t15-,17+,18+,19-,20+,21-/m1/s1. The average molecular weight is 433 g/mol. The molecule has 2 N–H and O–H groups in total. The molecule has 31 heavy (non-hydrogen) atoms. The molecule has 4 rings (SSSR count). The zero-order chi connectivity index (χ0) is 21.8. The summed E-state index contributed by atoms with van der Waals surface area (Å²) in [7, 11) is 0. The predicted molar refractivity (Wildman–Crippen MR) is 103 cm³/mol. The highest BCUT2D eigenvalue weighted by atomic mass is 16.8. The largest absolute Gasteiger partial charge is 0.480 e. The summed E-state index contributed by atoms with van der Waals surface area (Å²) in [6.07, 6.45) is -2.53. The molecule has 2 aromatic rings. The van der Waals surface area contributed by atoms with Crippen LogP contribution in [0, 0.1) is 0 Å². The molecule has 2 aliphatic heterocycles. The van der Waals surface area contributed by atoms with Crippen LogP contribution in [0.1, 0.15) is 19.0 Å². The molecule has 166 valence electrons. The van der Waals surface area contributed by atoms with Crippen LogP contribution in [0.15, 0.2) is 53.1 Å². The van der Waals surface area contributed by atoms with Gasteiger partial charge < -0.3 is 38.5 Å². The van der Waals surface area contributed by atoms with Crippen LogP contribution in [0.2, 0.25) is 0 Å². The van der Waals surface area contributed by atoms with E-state index in [2.05, 4.69) is 5.32 Å². The maximum atomic E-state index is 11.9. The van der Waals surface area contributed by atoms with E-state index in [1.165, 1.54) is 13.2 Å². The van der Waals surface area contributed by atoms with Gasteiger partial charge in [-0.3, -0.25) is 4.79 Å². The Morgan fingerprint density at radius 2 is 1.97 bits per heavy atom. The number of carboxylic acids is 1. The first-order valence-electron chi connectivity index (χ1n) is 9.79. The van der Waals surface area contributed by atoms with Crippen molar-refractivity contribution in [2.45, 2.75) is 43.9 Å². The van der Waals surface area contributed by atoms with E-state index in [-0.39, 0.29) is 12.5 Å². The molecule has 1 amide bonds. The second-order valence-electron chi connectivity index (χ2n) is 7.15. The van der Waals surface area contributed by atoms with Crippen molar-refractivity contribution < 1.29 is 42.8 Å². The zero-order valence-electron chi connectivity index (χ0n) is 16.7. The Labute approximate surface area is 178 Å². The Hall–Kier alpha value is -2.92. The topological polar surface area (TPSA) is 126 Å². The molecular weight excluding hydrogens is 410 g/mol. The van der Waals surface area contributed by atoms with E-state index in [0.717, 1.165) is 0 Å². The molecule has 0 unspecified atom stereocenters. The zero-order valence-corrected chi connectivity index (χ0v) is 16.7. The third kappa shape index (κ3) is 5.05. The normalized spacial score (nSPS) is 30.2. The number of rotatable bonds is 7. The van der Waals surface area contributed by atoms with Gasteiger partial charge in [0.25, 0.3) is 0 Å². The van der Waals surface area contributed by atoms with Crippen molar-refractivity contribution >= 4 is 11.9 Å². The Morgan fingerprint density at radius 3 is 2.65 bits per heavy atom. The number of carbonyl (C=O) groups excluding carboxylic acids is 1. The summed E-state index contributed by atoms with van der Waals surface area (Å²) >= 11 is 0. The van der Waals surface area contributed by atoms with Gasteiger partial charge in [-0.05, 0) is 24.3 Å². The minimum Gasteiger partial charge on any atom is -0.480 e. The first-order chi connectivity index (χ1) is 15.0. The fraction of sp³-hybridized carbons (Fsp3) is 0.429. The molecule has 0 bridgehead atoms. The number of carbonyl (C=O) groups is 2. The van der Waals surface area contributed by atoms with Gasteiger partial charge in [-0.2, -0.15) is 0 Å². The summed E-state index contributed by atoms with van der Waals surface area (Å²) in [6, 6.07) is 11.5. The quantitative estimate of drug-likeness (QED) is 0.668. The summed E-state index contributed by atoms with van der Waals surface area (Å²) in [4.78, 5) is 23.1. The van der Waals surface area contributed by atoms with Crippen LogP contribution in [0.4, 0.5) is 0 Å². The molecule has 0 aliphatic carbocycles. The van der Waals surface area contributed by atoms with Crippen LogP contribution >= 0.6 is 0 Å². The van der Waals surface area contributed by atoms with E-state index in [1.807, 2.05) is 6.07 Å². The Bertz CT molecular complexity index is 872. The van der Waals surface area contributed by atoms with Gasteiger partial charge in [-0.15, -0.1) is 0 Å². The van der Waals surface area contributed by atoms with Crippen LogP contribution in [-0.4, -0.2) is 60.8 Å². The molecular formula is C21H23NO9. The molecule has 6 atom stereocenters. The molecule has 0 spiro atoms. The number of nitrogens with one attached hydrogen (secondary N) is 1. The highest BCUT2D eigenvalue weighted by Gasteiger charge is 2.52. The number of para-hydroxylation sites is 1. The van der Waals surface area contributed by atoms with Crippen molar-refractivity contribution in [3.05, 3.63) is 54.5 Å². The van der Waals surface area contributed by atoms with Crippen LogP contribution in [0.3, 0.4) is 0 Å². The van der Waals surface area contributed by atoms with E-state index in [4.69, 9.17) is 33.2 Å². The summed E-state index contributed by atoms with van der Waals surface area (Å²) < 4.78 is 34.8. The van der Waals surface area contributed by atoms with Crippen molar-refractivity contribution in [2.24, 2.45) is 0 Å². The maximum Gasteiger partial charge on any atom is 0.329 e. The van der Waals surface area contributed by atoms with Gasteiger partial charge in [0.1, 0.15) is 36.7 Å². The van der Waals surface area contributed by atoms with E-state index < -0.39 is 49.5 Å². The van der Waals surface area contributed by atoms with Crippen LogP contribution in [0.5, 0.6) is 5.75 Å². The lowest BCUT2D eigenvalue weighted by Crippen LogP contribution is -2.68. The number of benzene rings is 1.